The van der Waals surface area contributed by atoms with E-state index in [-0.39, 0.29) is 0 Å². The van der Waals surface area contributed by atoms with Crippen LogP contribution in [0.2, 0.25) is 0 Å². The van der Waals surface area contributed by atoms with E-state index in [0.717, 1.165) is 13.1 Å². The highest BCUT2D eigenvalue weighted by molar-refractivity contribution is 5.88. The van der Waals surface area contributed by atoms with Crippen molar-refractivity contribution >= 4 is 5.97 Å². The van der Waals surface area contributed by atoms with Crippen molar-refractivity contribution in [2.24, 2.45) is 0 Å². The quantitative estimate of drug-likeness (QED) is 0.391. The molecule has 0 radical (unpaired) electrons. The molecule has 0 atom stereocenters. The monoisotopic (exact) mass is 167 g/mol. The van der Waals surface area contributed by atoms with Gasteiger partial charge in [-0.1, -0.05) is 0 Å². The number of carbonyl (C=O) groups excluding carboxylic acids is 1. The third-order valence-electron chi connectivity index (χ3n) is 1.86. The van der Waals surface area contributed by atoms with Gasteiger partial charge in [0.1, 0.15) is 0 Å². The molecule has 66 valence electrons. The van der Waals surface area contributed by atoms with Gasteiger partial charge in [-0.3, -0.25) is 0 Å². The summed E-state index contributed by atoms with van der Waals surface area (Å²) in [7, 11) is 1.34. The van der Waals surface area contributed by atoms with E-state index in [2.05, 4.69) is 16.7 Å². The van der Waals surface area contributed by atoms with Crippen LogP contribution in [0.15, 0.2) is 0 Å². The van der Waals surface area contributed by atoms with Crippen LogP contribution in [0.5, 0.6) is 0 Å². The van der Waals surface area contributed by atoms with Gasteiger partial charge in [-0.15, -0.1) is 0 Å². The lowest BCUT2D eigenvalue weighted by molar-refractivity contribution is -0.133. The summed E-state index contributed by atoms with van der Waals surface area (Å²) in [6, 6.07) is 2.78. The Bertz CT molecular complexity index is 208. The second kappa shape index (κ2) is 4.66. The number of esters is 1. The van der Waals surface area contributed by atoms with E-state index < -0.39 is 5.97 Å². The van der Waals surface area contributed by atoms with Gasteiger partial charge >= 0.3 is 5.97 Å². The first kappa shape index (κ1) is 8.92. The van der Waals surface area contributed by atoms with E-state index in [1.54, 1.807) is 0 Å². The Labute approximate surface area is 72.7 Å². The minimum atomic E-state index is -0.458. The zero-order valence-corrected chi connectivity index (χ0v) is 7.30. The Balaban J connectivity index is 2.35. The number of ether oxygens (including phenoxy) is 1. The SMILES string of the molecule is COC(=O)C#CN1CCCCC1. The maximum Gasteiger partial charge on any atom is 0.385 e. The number of carbonyl (C=O) groups is 1. The van der Waals surface area contributed by atoms with Crippen molar-refractivity contribution in [2.75, 3.05) is 20.2 Å². The van der Waals surface area contributed by atoms with Crippen LogP contribution in [-0.4, -0.2) is 31.1 Å². The molecule has 3 nitrogen and oxygen atoms in total. The Morgan fingerprint density at radius 1 is 1.33 bits per heavy atom. The molecule has 0 aromatic rings. The molecule has 1 heterocycles. The van der Waals surface area contributed by atoms with E-state index in [9.17, 15) is 4.79 Å². The summed E-state index contributed by atoms with van der Waals surface area (Å²) in [5.41, 5.74) is 0. The molecule has 0 aliphatic carbocycles. The van der Waals surface area contributed by atoms with Gasteiger partial charge in [0.05, 0.1) is 7.11 Å². The molecule has 0 bridgehead atoms. The number of piperidine rings is 1. The second-order valence-electron chi connectivity index (χ2n) is 2.78. The molecule has 12 heavy (non-hydrogen) atoms. The molecule has 1 aliphatic rings. The van der Waals surface area contributed by atoms with Gasteiger partial charge in [-0.25, -0.2) is 4.79 Å². The van der Waals surface area contributed by atoms with Crippen LogP contribution in [0.25, 0.3) is 0 Å². The van der Waals surface area contributed by atoms with Crippen molar-refractivity contribution in [3.8, 4) is 12.0 Å². The lowest BCUT2D eigenvalue weighted by Gasteiger charge is -2.21. The van der Waals surface area contributed by atoms with Crippen molar-refractivity contribution < 1.29 is 9.53 Å². The maximum atomic E-state index is 10.6. The zero-order valence-electron chi connectivity index (χ0n) is 7.30. The average molecular weight is 167 g/mol. The maximum absolute atomic E-state index is 10.6. The molecule has 1 saturated heterocycles. The molecular weight excluding hydrogens is 154 g/mol. The van der Waals surface area contributed by atoms with Crippen LogP contribution in [-0.2, 0) is 9.53 Å². The van der Waals surface area contributed by atoms with Gasteiger partial charge in [0, 0.05) is 25.1 Å². The number of likely N-dealkylation sites (tertiary alicyclic amines) is 1. The topological polar surface area (TPSA) is 29.5 Å². The average Bonchev–Trinajstić information content (AvgIpc) is 2.16. The van der Waals surface area contributed by atoms with Crippen LogP contribution in [0.3, 0.4) is 0 Å². The molecule has 0 spiro atoms. The molecule has 1 aliphatic heterocycles. The minimum Gasteiger partial charge on any atom is -0.459 e. The van der Waals surface area contributed by atoms with Gasteiger partial charge in [0.15, 0.2) is 0 Å². The highest BCUT2D eigenvalue weighted by atomic mass is 16.5. The van der Waals surface area contributed by atoms with Crippen molar-refractivity contribution in [1.82, 2.24) is 4.90 Å². The van der Waals surface area contributed by atoms with Crippen LogP contribution in [0.1, 0.15) is 19.3 Å². The molecule has 0 N–H and O–H groups in total. The summed E-state index contributed by atoms with van der Waals surface area (Å²) in [4.78, 5) is 12.6. The summed E-state index contributed by atoms with van der Waals surface area (Å²) in [5.74, 6) is 1.96. The third kappa shape index (κ3) is 2.83. The number of nitrogens with zero attached hydrogens (tertiary/aromatic N) is 1. The predicted octanol–water partition coefficient (Wildman–Crippen LogP) is 0.606. The van der Waals surface area contributed by atoms with Crippen LogP contribution in [0.4, 0.5) is 0 Å². The highest BCUT2D eigenvalue weighted by Gasteiger charge is 2.05. The van der Waals surface area contributed by atoms with Crippen LogP contribution in [0, 0.1) is 12.0 Å². The van der Waals surface area contributed by atoms with E-state index in [1.807, 2.05) is 4.90 Å². The first-order valence-corrected chi connectivity index (χ1v) is 4.17. The van der Waals surface area contributed by atoms with Gasteiger partial charge in [0.2, 0.25) is 0 Å². The normalized spacial score (nSPS) is 16.2. The summed E-state index contributed by atoms with van der Waals surface area (Å²) < 4.78 is 4.40. The minimum absolute atomic E-state index is 0.458. The van der Waals surface area contributed by atoms with Gasteiger partial charge < -0.3 is 9.64 Å². The van der Waals surface area contributed by atoms with Gasteiger partial charge in [-0.05, 0) is 19.3 Å². The summed E-state index contributed by atoms with van der Waals surface area (Å²) in [6.07, 6.45) is 3.63. The highest BCUT2D eigenvalue weighted by Crippen LogP contribution is 2.06. The number of rotatable bonds is 0. The van der Waals surface area contributed by atoms with Crippen molar-refractivity contribution in [3.05, 3.63) is 0 Å². The second-order valence-corrected chi connectivity index (χ2v) is 2.78. The fourth-order valence-electron chi connectivity index (χ4n) is 1.18. The molecule has 1 rings (SSSR count). The first-order valence-electron chi connectivity index (χ1n) is 4.17. The number of hydrogen-bond acceptors (Lipinski definition) is 3. The number of hydrogen-bond donors (Lipinski definition) is 0. The molecule has 3 heteroatoms. The van der Waals surface area contributed by atoms with Crippen molar-refractivity contribution in [2.45, 2.75) is 19.3 Å². The van der Waals surface area contributed by atoms with E-state index in [0.29, 0.717) is 0 Å². The lowest BCUT2D eigenvalue weighted by atomic mass is 10.1. The fraction of sp³-hybridized carbons (Fsp3) is 0.667. The molecule has 0 aromatic carbocycles. The fourth-order valence-corrected chi connectivity index (χ4v) is 1.18. The lowest BCUT2D eigenvalue weighted by Crippen LogP contribution is -2.25. The summed E-state index contributed by atoms with van der Waals surface area (Å²) in [5, 5.41) is 0. The smallest absolute Gasteiger partial charge is 0.385 e. The Kier molecular flexibility index (Phi) is 3.46. The molecule has 1 fully saturated rings. The van der Waals surface area contributed by atoms with E-state index in [1.165, 1.54) is 26.4 Å². The molecule has 0 unspecified atom stereocenters. The summed E-state index contributed by atoms with van der Waals surface area (Å²) in [6.45, 7) is 1.95. The van der Waals surface area contributed by atoms with E-state index >= 15 is 0 Å². The van der Waals surface area contributed by atoms with Crippen LogP contribution < -0.4 is 0 Å². The Morgan fingerprint density at radius 3 is 2.58 bits per heavy atom. The molecule has 0 amide bonds. The van der Waals surface area contributed by atoms with Crippen molar-refractivity contribution in [1.29, 1.82) is 0 Å². The Morgan fingerprint density at radius 2 is 2.00 bits per heavy atom. The predicted molar refractivity (Wildman–Crippen MR) is 45.2 cm³/mol. The molecule has 0 saturated carbocycles. The first-order chi connectivity index (χ1) is 5.83. The zero-order chi connectivity index (χ0) is 8.81. The molecule has 0 aromatic heterocycles. The Hall–Kier alpha value is -1.17. The number of methoxy groups -OCH3 is 1. The van der Waals surface area contributed by atoms with Crippen molar-refractivity contribution in [3.63, 3.8) is 0 Å². The largest absolute Gasteiger partial charge is 0.459 e. The van der Waals surface area contributed by atoms with Gasteiger partial charge in [0.25, 0.3) is 0 Å². The molecular formula is C9H13NO2. The van der Waals surface area contributed by atoms with E-state index in [4.69, 9.17) is 0 Å². The third-order valence-corrected chi connectivity index (χ3v) is 1.86. The summed E-state index contributed by atoms with van der Waals surface area (Å²) >= 11 is 0. The standard InChI is InChI=1S/C9H13NO2/c1-12-9(11)5-8-10-6-3-2-4-7-10/h2-4,6-7H2,1H3. The van der Waals surface area contributed by atoms with Crippen LogP contribution >= 0.6 is 0 Å². The van der Waals surface area contributed by atoms with Gasteiger partial charge in [-0.2, -0.15) is 0 Å².